The largest absolute Gasteiger partial charge is 0.479 e. The van der Waals surface area contributed by atoms with Crippen LogP contribution in [0.4, 0.5) is 4.39 Å². The molecule has 2 N–H and O–H groups in total. The summed E-state index contributed by atoms with van der Waals surface area (Å²) in [6.45, 7) is 0. The van der Waals surface area contributed by atoms with Gasteiger partial charge in [0.15, 0.2) is 6.10 Å². The van der Waals surface area contributed by atoms with Crippen molar-refractivity contribution in [2.24, 2.45) is 5.11 Å². The summed E-state index contributed by atoms with van der Waals surface area (Å²) >= 11 is 0. The summed E-state index contributed by atoms with van der Waals surface area (Å²) in [5, 5.41) is 20.9. The van der Waals surface area contributed by atoms with Gasteiger partial charge in [0, 0.05) is 4.91 Å². The minimum atomic E-state index is -1.98. The fourth-order valence-electron chi connectivity index (χ4n) is 1.20. The Hall–Kier alpha value is -2.11. The summed E-state index contributed by atoms with van der Waals surface area (Å²) in [5.41, 5.74) is 8.09. The molecule has 1 aromatic carbocycles. The van der Waals surface area contributed by atoms with Crippen molar-refractivity contribution in [2.75, 3.05) is 0 Å². The number of carbonyl (C=O) groups is 1. The Morgan fingerprint density at radius 1 is 1.50 bits per heavy atom. The molecule has 0 aliphatic carbocycles. The molecule has 0 aliphatic heterocycles. The van der Waals surface area contributed by atoms with Crippen LogP contribution in [-0.2, 0) is 4.79 Å². The smallest absolute Gasteiger partial charge is 0.333 e. The van der Waals surface area contributed by atoms with Gasteiger partial charge in [-0.15, -0.1) is 0 Å². The van der Waals surface area contributed by atoms with Crippen molar-refractivity contribution in [3.63, 3.8) is 0 Å². The fraction of sp³-hybridized carbons (Fsp3) is 0.222. The molecule has 1 aromatic rings. The molecule has 16 heavy (non-hydrogen) atoms. The zero-order valence-electron chi connectivity index (χ0n) is 7.99. The van der Waals surface area contributed by atoms with Gasteiger partial charge in [-0.05, 0) is 17.2 Å². The highest BCUT2D eigenvalue weighted by Crippen LogP contribution is 2.24. The van der Waals surface area contributed by atoms with E-state index in [-0.39, 0.29) is 5.56 Å². The third-order valence-corrected chi connectivity index (χ3v) is 1.95. The third-order valence-electron chi connectivity index (χ3n) is 1.95. The predicted octanol–water partition coefficient (Wildman–Crippen LogP) is 1.62. The number of rotatable bonds is 4. The number of carboxylic acid groups (broad SMARTS) is 1. The van der Waals surface area contributed by atoms with Crippen LogP contribution in [0.5, 0.6) is 0 Å². The number of aliphatic carboxylic acids is 1. The van der Waals surface area contributed by atoms with E-state index in [1.807, 2.05) is 0 Å². The molecule has 0 unspecified atom stereocenters. The Labute approximate surface area is 89.6 Å². The summed E-state index contributed by atoms with van der Waals surface area (Å²) in [5.74, 6) is -2.32. The highest BCUT2D eigenvalue weighted by Gasteiger charge is 2.28. The zero-order valence-corrected chi connectivity index (χ0v) is 7.99. The van der Waals surface area contributed by atoms with Crippen molar-refractivity contribution >= 4 is 5.97 Å². The molecule has 7 heteroatoms. The second-order valence-corrected chi connectivity index (χ2v) is 2.95. The molecule has 2 atom stereocenters. The lowest BCUT2D eigenvalue weighted by atomic mass is 10.0. The van der Waals surface area contributed by atoms with E-state index in [9.17, 15) is 14.3 Å². The van der Waals surface area contributed by atoms with Crippen LogP contribution in [0.3, 0.4) is 0 Å². The molecular weight excluding hydrogens is 217 g/mol. The molecule has 0 spiro atoms. The van der Waals surface area contributed by atoms with Crippen molar-refractivity contribution in [1.29, 1.82) is 0 Å². The van der Waals surface area contributed by atoms with Crippen molar-refractivity contribution in [2.45, 2.75) is 12.1 Å². The number of aliphatic hydroxyl groups excluding tert-OH is 1. The number of nitrogens with zero attached hydrogens (tertiary/aromatic N) is 3. The first-order valence-electron chi connectivity index (χ1n) is 4.27. The molecule has 6 nitrogen and oxygen atoms in total. The maximum absolute atomic E-state index is 13.3. The number of benzene rings is 1. The van der Waals surface area contributed by atoms with Gasteiger partial charge in [-0.25, -0.2) is 9.18 Å². The van der Waals surface area contributed by atoms with Crippen LogP contribution < -0.4 is 0 Å². The van der Waals surface area contributed by atoms with Crippen molar-refractivity contribution in [3.8, 4) is 0 Å². The summed E-state index contributed by atoms with van der Waals surface area (Å²) in [6, 6.07) is 3.71. The number of hydrogen-bond acceptors (Lipinski definition) is 3. The summed E-state index contributed by atoms with van der Waals surface area (Å²) in [6.07, 6.45) is -1.98. The number of halogens is 1. The van der Waals surface area contributed by atoms with Crippen LogP contribution >= 0.6 is 0 Å². The lowest BCUT2D eigenvalue weighted by Crippen LogP contribution is -2.26. The van der Waals surface area contributed by atoms with Crippen molar-refractivity contribution in [3.05, 3.63) is 46.1 Å². The quantitative estimate of drug-likeness (QED) is 0.461. The molecule has 0 aliphatic rings. The average Bonchev–Trinajstić information content (AvgIpc) is 2.26. The van der Waals surface area contributed by atoms with Crippen LogP contribution in [-0.4, -0.2) is 22.3 Å². The van der Waals surface area contributed by atoms with Gasteiger partial charge in [0.2, 0.25) is 0 Å². The van der Waals surface area contributed by atoms with Crippen molar-refractivity contribution in [1.82, 2.24) is 0 Å². The standard InChI is InChI=1S/C9H8FN3O3/c10-6-4-2-1-3-5(6)7(12-13-11)8(14)9(15)16/h1-4,7-8,14H,(H,15,16)/t7-,8+/m0/s1. The zero-order chi connectivity index (χ0) is 12.1. The first-order chi connectivity index (χ1) is 7.57. The van der Waals surface area contributed by atoms with Crippen LogP contribution in [0.1, 0.15) is 11.6 Å². The molecule has 0 fully saturated rings. The van der Waals surface area contributed by atoms with Crippen LogP contribution in [0.25, 0.3) is 10.4 Å². The highest BCUT2D eigenvalue weighted by atomic mass is 19.1. The third kappa shape index (κ3) is 2.47. The molecular formula is C9H8FN3O3. The molecule has 84 valence electrons. The highest BCUT2D eigenvalue weighted by molar-refractivity contribution is 5.73. The maximum Gasteiger partial charge on any atom is 0.333 e. The Bertz CT molecular complexity index is 445. The predicted molar refractivity (Wildman–Crippen MR) is 51.9 cm³/mol. The molecule has 0 radical (unpaired) electrons. The molecule has 0 saturated heterocycles. The number of hydrogen-bond donors (Lipinski definition) is 2. The van der Waals surface area contributed by atoms with Gasteiger partial charge in [-0.3, -0.25) is 0 Å². The van der Waals surface area contributed by atoms with Crippen LogP contribution in [0.15, 0.2) is 29.4 Å². The van der Waals surface area contributed by atoms with Crippen LogP contribution in [0, 0.1) is 5.82 Å². The molecule has 1 rings (SSSR count). The average molecular weight is 225 g/mol. The van der Waals surface area contributed by atoms with Gasteiger partial charge in [0.1, 0.15) is 11.9 Å². The van der Waals surface area contributed by atoms with E-state index < -0.39 is 23.9 Å². The number of aliphatic hydroxyl groups is 1. The van der Waals surface area contributed by atoms with Crippen LogP contribution in [0.2, 0.25) is 0 Å². The normalized spacial score (nSPS) is 13.6. The summed E-state index contributed by atoms with van der Waals surface area (Å²) < 4.78 is 13.3. The topological polar surface area (TPSA) is 106 Å². The van der Waals surface area contributed by atoms with Gasteiger partial charge in [0.25, 0.3) is 0 Å². The van der Waals surface area contributed by atoms with Gasteiger partial charge in [-0.1, -0.05) is 23.3 Å². The molecule has 0 heterocycles. The minimum absolute atomic E-state index is 0.157. The second kappa shape index (κ2) is 5.11. The summed E-state index contributed by atoms with van der Waals surface area (Å²) in [7, 11) is 0. The Balaban J connectivity index is 3.17. The van der Waals surface area contributed by atoms with Gasteiger partial charge in [0.05, 0.1) is 0 Å². The van der Waals surface area contributed by atoms with Gasteiger partial charge >= 0.3 is 5.97 Å². The van der Waals surface area contributed by atoms with E-state index >= 15 is 0 Å². The van der Waals surface area contributed by atoms with E-state index in [0.717, 1.165) is 6.07 Å². The first kappa shape index (κ1) is 12.0. The van der Waals surface area contributed by atoms with E-state index in [1.54, 1.807) is 0 Å². The summed E-state index contributed by atoms with van der Waals surface area (Å²) in [4.78, 5) is 12.9. The van der Waals surface area contributed by atoms with E-state index in [0.29, 0.717) is 0 Å². The lowest BCUT2D eigenvalue weighted by Gasteiger charge is -2.15. The molecule has 0 bridgehead atoms. The Morgan fingerprint density at radius 2 is 2.12 bits per heavy atom. The van der Waals surface area contributed by atoms with Gasteiger partial charge < -0.3 is 10.2 Å². The van der Waals surface area contributed by atoms with E-state index in [4.69, 9.17) is 10.6 Å². The maximum atomic E-state index is 13.3. The lowest BCUT2D eigenvalue weighted by molar-refractivity contribution is -0.147. The minimum Gasteiger partial charge on any atom is -0.479 e. The second-order valence-electron chi connectivity index (χ2n) is 2.95. The van der Waals surface area contributed by atoms with E-state index in [2.05, 4.69) is 10.0 Å². The van der Waals surface area contributed by atoms with Gasteiger partial charge in [-0.2, -0.15) is 0 Å². The number of azide groups is 1. The number of carboxylic acids is 1. The molecule has 0 amide bonds. The first-order valence-corrected chi connectivity index (χ1v) is 4.27. The monoisotopic (exact) mass is 225 g/mol. The van der Waals surface area contributed by atoms with E-state index in [1.165, 1.54) is 18.2 Å². The Kier molecular flexibility index (Phi) is 3.82. The molecule has 0 aromatic heterocycles. The molecule has 0 saturated carbocycles. The SMILES string of the molecule is [N-]=[N+]=N[C@@H](c1ccccc1F)[C@@H](O)C(=O)O. The van der Waals surface area contributed by atoms with Crippen molar-refractivity contribution < 1.29 is 19.4 Å². The fourth-order valence-corrected chi connectivity index (χ4v) is 1.20. The Morgan fingerprint density at radius 3 is 2.62 bits per heavy atom.